The maximum atomic E-state index is 4.24. The van der Waals surface area contributed by atoms with E-state index in [2.05, 4.69) is 19.9 Å². The molecule has 0 radical (unpaired) electrons. The van der Waals surface area contributed by atoms with E-state index in [9.17, 15) is 0 Å². The molecular weight excluding hydrogens is 176 g/mol. The zero-order valence-corrected chi connectivity index (χ0v) is 8.10. The van der Waals surface area contributed by atoms with Gasteiger partial charge < -0.3 is 0 Å². The summed E-state index contributed by atoms with van der Waals surface area (Å²) in [5.74, 6) is 1.40. The van der Waals surface area contributed by atoms with Crippen LogP contribution in [-0.2, 0) is 0 Å². The minimum absolute atomic E-state index is 0.683. The highest BCUT2D eigenvalue weighted by molar-refractivity contribution is 5.56. The van der Waals surface area contributed by atoms with Crippen LogP contribution in [0.4, 0.5) is 0 Å². The largest absolute Gasteiger partial charge is 0.261 e. The van der Waals surface area contributed by atoms with Crippen molar-refractivity contribution in [3.8, 4) is 11.4 Å². The van der Waals surface area contributed by atoms with Crippen molar-refractivity contribution in [2.45, 2.75) is 13.8 Å². The van der Waals surface area contributed by atoms with Crippen LogP contribution in [0.25, 0.3) is 11.4 Å². The number of rotatable bonds is 1. The Morgan fingerprint density at radius 2 is 1.93 bits per heavy atom. The minimum atomic E-state index is 0.683. The molecule has 0 saturated heterocycles. The molecule has 0 unspecified atom stereocenters. The van der Waals surface area contributed by atoms with Crippen molar-refractivity contribution in [1.82, 2.24) is 19.9 Å². The van der Waals surface area contributed by atoms with Crippen LogP contribution in [0.1, 0.15) is 11.5 Å². The standard InChI is InChI=1S/C10H10N4/c1-7-9(4-3-5-11-7)10-13-6-12-8(2)14-10/h3-6H,1-2H3. The molecule has 0 bridgehead atoms. The number of hydrogen-bond acceptors (Lipinski definition) is 4. The van der Waals surface area contributed by atoms with E-state index in [0.717, 1.165) is 17.1 Å². The summed E-state index contributed by atoms with van der Waals surface area (Å²) in [6.07, 6.45) is 3.27. The molecule has 0 amide bonds. The predicted molar refractivity (Wildman–Crippen MR) is 52.5 cm³/mol. The molecule has 0 aromatic carbocycles. The Balaban J connectivity index is 2.55. The summed E-state index contributed by atoms with van der Waals surface area (Å²) in [5, 5.41) is 0. The van der Waals surface area contributed by atoms with Crippen LogP contribution in [0.15, 0.2) is 24.7 Å². The van der Waals surface area contributed by atoms with E-state index in [1.807, 2.05) is 26.0 Å². The van der Waals surface area contributed by atoms with Gasteiger partial charge in [0.1, 0.15) is 12.2 Å². The summed E-state index contributed by atoms with van der Waals surface area (Å²) >= 11 is 0. The molecule has 14 heavy (non-hydrogen) atoms. The molecule has 2 aromatic heterocycles. The van der Waals surface area contributed by atoms with Gasteiger partial charge in [-0.15, -0.1) is 0 Å². The van der Waals surface area contributed by atoms with Crippen LogP contribution in [0, 0.1) is 13.8 Å². The van der Waals surface area contributed by atoms with E-state index in [4.69, 9.17) is 0 Å². The van der Waals surface area contributed by atoms with Crippen molar-refractivity contribution < 1.29 is 0 Å². The number of pyridine rings is 1. The Morgan fingerprint density at radius 3 is 2.64 bits per heavy atom. The number of nitrogens with zero attached hydrogens (tertiary/aromatic N) is 4. The van der Waals surface area contributed by atoms with Gasteiger partial charge in [0.15, 0.2) is 5.82 Å². The van der Waals surface area contributed by atoms with E-state index in [1.54, 1.807) is 6.20 Å². The molecule has 4 nitrogen and oxygen atoms in total. The maximum Gasteiger partial charge on any atom is 0.164 e. The van der Waals surface area contributed by atoms with Gasteiger partial charge in [0, 0.05) is 17.5 Å². The van der Waals surface area contributed by atoms with E-state index in [1.165, 1.54) is 6.33 Å². The van der Waals surface area contributed by atoms with E-state index >= 15 is 0 Å². The van der Waals surface area contributed by atoms with Gasteiger partial charge in [-0.25, -0.2) is 15.0 Å². The summed E-state index contributed by atoms with van der Waals surface area (Å²) < 4.78 is 0. The van der Waals surface area contributed by atoms with Crippen molar-refractivity contribution in [1.29, 1.82) is 0 Å². The molecule has 2 aromatic rings. The SMILES string of the molecule is Cc1ncnc(-c2cccnc2C)n1. The molecule has 0 saturated carbocycles. The van der Waals surface area contributed by atoms with Gasteiger partial charge in [-0.05, 0) is 26.0 Å². The number of hydrogen-bond donors (Lipinski definition) is 0. The first-order valence-corrected chi connectivity index (χ1v) is 4.35. The predicted octanol–water partition coefficient (Wildman–Crippen LogP) is 1.55. The highest BCUT2D eigenvalue weighted by Gasteiger charge is 2.04. The molecule has 0 fully saturated rings. The second-order valence-electron chi connectivity index (χ2n) is 2.99. The van der Waals surface area contributed by atoms with Gasteiger partial charge in [-0.1, -0.05) is 0 Å². The molecule has 0 aliphatic heterocycles. The molecule has 0 atom stereocenters. The smallest absolute Gasteiger partial charge is 0.164 e. The second-order valence-corrected chi connectivity index (χ2v) is 2.99. The Bertz CT molecular complexity index is 453. The lowest BCUT2D eigenvalue weighted by molar-refractivity contribution is 0.977. The average molecular weight is 186 g/mol. The van der Waals surface area contributed by atoms with Crippen LogP contribution >= 0.6 is 0 Å². The maximum absolute atomic E-state index is 4.24. The van der Waals surface area contributed by atoms with Gasteiger partial charge in [0.2, 0.25) is 0 Å². The van der Waals surface area contributed by atoms with Gasteiger partial charge in [-0.3, -0.25) is 4.98 Å². The van der Waals surface area contributed by atoms with Crippen LogP contribution in [-0.4, -0.2) is 19.9 Å². The molecule has 4 heteroatoms. The van der Waals surface area contributed by atoms with Crippen LogP contribution in [0.5, 0.6) is 0 Å². The Kier molecular flexibility index (Phi) is 2.18. The van der Waals surface area contributed by atoms with Crippen molar-refractivity contribution in [3.63, 3.8) is 0 Å². The van der Waals surface area contributed by atoms with Crippen molar-refractivity contribution >= 4 is 0 Å². The summed E-state index contributed by atoms with van der Waals surface area (Å²) in [5.41, 5.74) is 1.89. The molecule has 0 N–H and O–H groups in total. The molecular formula is C10H10N4. The van der Waals surface area contributed by atoms with E-state index in [0.29, 0.717) is 5.82 Å². The first kappa shape index (κ1) is 8.74. The van der Waals surface area contributed by atoms with Crippen molar-refractivity contribution in [2.24, 2.45) is 0 Å². The molecule has 2 rings (SSSR count). The fraction of sp³-hybridized carbons (Fsp3) is 0.200. The quantitative estimate of drug-likeness (QED) is 0.678. The van der Waals surface area contributed by atoms with Crippen molar-refractivity contribution in [2.75, 3.05) is 0 Å². The van der Waals surface area contributed by atoms with Crippen molar-refractivity contribution in [3.05, 3.63) is 36.2 Å². The van der Waals surface area contributed by atoms with Gasteiger partial charge in [0.25, 0.3) is 0 Å². The van der Waals surface area contributed by atoms with Crippen LogP contribution in [0.3, 0.4) is 0 Å². The summed E-state index contributed by atoms with van der Waals surface area (Å²) in [7, 11) is 0. The molecule has 2 heterocycles. The highest BCUT2D eigenvalue weighted by Crippen LogP contribution is 2.15. The monoisotopic (exact) mass is 186 g/mol. The number of aromatic nitrogens is 4. The Hall–Kier alpha value is -1.84. The molecule has 0 spiro atoms. The van der Waals surface area contributed by atoms with Crippen LogP contribution in [0.2, 0.25) is 0 Å². The second kappa shape index (κ2) is 3.49. The Morgan fingerprint density at radius 1 is 1.07 bits per heavy atom. The highest BCUT2D eigenvalue weighted by atomic mass is 15.0. The lowest BCUT2D eigenvalue weighted by atomic mass is 10.2. The fourth-order valence-electron chi connectivity index (χ4n) is 1.23. The minimum Gasteiger partial charge on any atom is -0.261 e. The zero-order chi connectivity index (χ0) is 9.97. The lowest BCUT2D eigenvalue weighted by Gasteiger charge is -2.02. The van der Waals surface area contributed by atoms with E-state index < -0.39 is 0 Å². The third kappa shape index (κ3) is 1.59. The first-order chi connectivity index (χ1) is 6.77. The third-order valence-corrected chi connectivity index (χ3v) is 1.94. The average Bonchev–Trinajstić information content (AvgIpc) is 2.18. The Labute approximate surface area is 82.1 Å². The van der Waals surface area contributed by atoms with Gasteiger partial charge in [-0.2, -0.15) is 0 Å². The first-order valence-electron chi connectivity index (χ1n) is 4.35. The normalized spacial score (nSPS) is 10.1. The van der Waals surface area contributed by atoms with Gasteiger partial charge >= 0.3 is 0 Å². The third-order valence-electron chi connectivity index (χ3n) is 1.94. The summed E-state index contributed by atoms with van der Waals surface area (Å²) in [4.78, 5) is 16.5. The summed E-state index contributed by atoms with van der Waals surface area (Å²) in [6.45, 7) is 3.78. The lowest BCUT2D eigenvalue weighted by Crippen LogP contribution is -1.96. The summed E-state index contributed by atoms with van der Waals surface area (Å²) in [6, 6.07) is 3.83. The molecule has 0 aliphatic rings. The zero-order valence-electron chi connectivity index (χ0n) is 8.10. The topological polar surface area (TPSA) is 51.6 Å². The fourth-order valence-corrected chi connectivity index (χ4v) is 1.23. The molecule has 70 valence electrons. The van der Waals surface area contributed by atoms with Gasteiger partial charge in [0.05, 0.1) is 0 Å². The van der Waals surface area contributed by atoms with E-state index in [-0.39, 0.29) is 0 Å². The number of aryl methyl sites for hydroxylation is 2. The van der Waals surface area contributed by atoms with Crippen LogP contribution < -0.4 is 0 Å². The molecule has 0 aliphatic carbocycles.